The van der Waals surface area contributed by atoms with Crippen LogP contribution in [0, 0.1) is 0 Å². The van der Waals surface area contributed by atoms with Crippen molar-refractivity contribution in [2.75, 3.05) is 0 Å². The molecule has 0 saturated carbocycles. The molecule has 4 aromatic rings. The summed E-state index contributed by atoms with van der Waals surface area (Å²) in [5.74, 6) is 1.43. The molecule has 4 rings (SSSR count). The number of rotatable bonds is 4. The number of pyridine rings is 1. The van der Waals surface area contributed by atoms with Crippen LogP contribution in [0.3, 0.4) is 0 Å². The van der Waals surface area contributed by atoms with E-state index in [1.54, 1.807) is 22.9 Å². The quantitative estimate of drug-likeness (QED) is 0.570. The Morgan fingerprint density at radius 2 is 1.92 bits per heavy atom. The second-order valence-electron chi connectivity index (χ2n) is 5.52. The maximum Gasteiger partial charge on any atom is 0.276 e. The molecule has 3 heterocycles. The molecule has 0 fully saturated rings. The molecule has 0 amide bonds. The van der Waals surface area contributed by atoms with Gasteiger partial charge in [0.25, 0.3) is 11.4 Å². The van der Waals surface area contributed by atoms with Crippen molar-refractivity contribution in [2.24, 2.45) is 0 Å². The number of fused-ring (bicyclic) bond motifs is 1. The van der Waals surface area contributed by atoms with Crippen LogP contribution in [-0.4, -0.2) is 24.7 Å². The maximum absolute atomic E-state index is 12.8. The molecular weight excluding hydrogens is 318 g/mol. The minimum atomic E-state index is -0.105. The minimum absolute atomic E-state index is 0.105. The first-order valence-electron chi connectivity index (χ1n) is 7.98. The first kappa shape index (κ1) is 15.2. The lowest BCUT2D eigenvalue weighted by atomic mass is 10.2. The van der Waals surface area contributed by atoms with Gasteiger partial charge in [-0.3, -0.25) is 14.3 Å². The van der Waals surface area contributed by atoms with Crippen molar-refractivity contribution in [1.82, 2.24) is 24.7 Å². The van der Waals surface area contributed by atoms with E-state index in [0.717, 1.165) is 0 Å². The van der Waals surface area contributed by atoms with E-state index in [4.69, 9.17) is 4.52 Å². The van der Waals surface area contributed by atoms with Gasteiger partial charge in [-0.1, -0.05) is 30.3 Å². The summed E-state index contributed by atoms with van der Waals surface area (Å²) in [7, 11) is 0. The highest BCUT2D eigenvalue weighted by Crippen LogP contribution is 2.14. The van der Waals surface area contributed by atoms with Gasteiger partial charge in [-0.15, -0.1) is 0 Å². The third-order valence-corrected chi connectivity index (χ3v) is 3.91. The van der Waals surface area contributed by atoms with Crippen molar-refractivity contribution in [3.05, 3.63) is 70.7 Å². The number of hydrogen-bond acceptors (Lipinski definition) is 6. The summed E-state index contributed by atoms with van der Waals surface area (Å²) >= 11 is 0. The number of aryl methyl sites for hydroxylation is 1. The Balaban J connectivity index is 1.75. The summed E-state index contributed by atoms with van der Waals surface area (Å²) in [6.45, 7) is 2.17. The molecule has 7 nitrogen and oxygen atoms in total. The molecule has 0 aliphatic rings. The van der Waals surface area contributed by atoms with Gasteiger partial charge in [-0.2, -0.15) is 4.98 Å². The van der Waals surface area contributed by atoms with E-state index in [1.807, 2.05) is 37.3 Å². The highest BCUT2D eigenvalue weighted by Gasteiger charge is 2.14. The van der Waals surface area contributed by atoms with Crippen LogP contribution in [0.25, 0.3) is 22.5 Å². The summed E-state index contributed by atoms with van der Waals surface area (Å²) in [6.07, 6.45) is 2.29. The van der Waals surface area contributed by atoms with Gasteiger partial charge in [0.1, 0.15) is 11.5 Å². The van der Waals surface area contributed by atoms with Gasteiger partial charge in [0.05, 0.1) is 17.4 Å². The second-order valence-corrected chi connectivity index (χ2v) is 5.52. The van der Waals surface area contributed by atoms with Crippen LogP contribution in [0.4, 0.5) is 0 Å². The van der Waals surface area contributed by atoms with Crippen LogP contribution >= 0.6 is 0 Å². The normalized spacial score (nSPS) is 11.1. The van der Waals surface area contributed by atoms with Gasteiger partial charge >= 0.3 is 0 Å². The van der Waals surface area contributed by atoms with Crippen molar-refractivity contribution in [3.8, 4) is 11.6 Å². The lowest BCUT2D eigenvalue weighted by Gasteiger charge is -2.10. The Hall–Kier alpha value is -3.35. The predicted octanol–water partition coefficient (Wildman–Crippen LogP) is 2.45. The summed E-state index contributed by atoms with van der Waals surface area (Å²) in [5.41, 5.74) is 1.19. The zero-order chi connectivity index (χ0) is 17.2. The van der Waals surface area contributed by atoms with E-state index in [-0.39, 0.29) is 12.1 Å². The minimum Gasteiger partial charge on any atom is -0.332 e. The molecule has 0 radical (unpaired) electrons. The van der Waals surface area contributed by atoms with E-state index in [1.165, 1.54) is 0 Å². The van der Waals surface area contributed by atoms with E-state index < -0.39 is 0 Å². The molecular formula is C18H15N5O2. The van der Waals surface area contributed by atoms with Crippen molar-refractivity contribution < 1.29 is 4.52 Å². The SMILES string of the molecule is CCc1nc2ccccc2c(=O)n1Cc1noc(-c2ccccn2)n1. The van der Waals surface area contributed by atoms with E-state index >= 15 is 0 Å². The number of para-hydroxylation sites is 1. The molecule has 3 aromatic heterocycles. The van der Waals surface area contributed by atoms with Gasteiger partial charge in [0.2, 0.25) is 0 Å². The van der Waals surface area contributed by atoms with Crippen LogP contribution in [0.2, 0.25) is 0 Å². The monoisotopic (exact) mass is 333 g/mol. The Bertz CT molecular complexity index is 1090. The molecule has 0 aliphatic carbocycles. The highest BCUT2D eigenvalue weighted by molar-refractivity contribution is 5.77. The molecule has 0 N–H and O–H groups in total. The van der Waals surface area contributed by atoms with Crippen LogP contribution in [0.15, 0.2) is 58.0 Å². The molecule has 0 saturated heterocycles. The Morgan fingerprint density at radius 1 is 1.08 bits per heavy atom. The molecule has 25 heavy (non-hydrogen) atoms. The molecule has 0 spiro atoms. The molecule has 1 aromatic carbocycles. The average Bonchev–Trinajstić information content (AvgIpc) is 3.13. The third kappa shape index (κ3) is 2.80. The van der Waals surface area contributed by atoms with Gasteiger partial charge in [0.15, 0.2) is 5.82 Å². The number of benzene rings is 1. The molecule has 0 aliphatic heterocycles. The van der Waals surface area contributed by atoms with Gasteiger partial charge in [-0.05, 0) is 24.3 Å². The highest BCUT2D eigenvalue weighted by atomic mass is 16.5. The van der Waals surface area contributed by atoms with Gasteiger partial charge in [-0.25, -0.2) is 4.98 Å². The topological polar surface area (TPSA) is 86.7 Å². The lowest BCUT2D eigenvalue weighted by Crippen LogP contribution is -2.26. The van der Waals surface area contributed by atoms with Crippen LogP contribution in [-0.2, 0) is 13.0 Å². The summed E-state index contributed by atoms with van der Waals surface area (Å²) in [6, 6.07) is 12.8. The van der Waals surface area contributed by atoms with Crippen molar-refractivity contribution in [1.29, 1.82) is 0 Å². The van der Waals surface area contributed by atoms with E-state index in [2.05, 4.69) is 20.1 Å². The van der Waals surface area contributed by atoms with E-state index in [0.29, 0.717) is 40.6 Å². The molecule has 124 valence electrons. The third-order valence-electron chi connectivity index (χ3n) is 3.91. The fraction of sp³-hybridized carbons (Fsp3) is 0.167. The van der Waals surface area contributed by atoms with Crippen molar-refractivity contribution in [3.63, 3.8) is 0 Å². The molecule has 7 heteroatoms. The molecule has 0 bridgehead atoms. The number of hydrogen-bond donors (Lipinski definition) is 0. The van der Waals surface area contributed by atoms with Crippen molar-refractivity contribution >= 4 is 10.9 Å². The fourth-order valence-electron chi connectivity index (χ4n) is 2.70. The molecule has 0 unspecified atom stereocenters. The largest absolute Gasteiger partial charge is 0.332 e. The van der Waals surface area contributed by atoms with Crippen molar-refractivity contribution in [2.45, 2.75) is 19.9 Å². The maximum atomic E-state index is 12.8. The lowest BCUT2D eigenvalue weighted by molar-refractivity contribution is 0.418. The Morgan fingerprint density at radius 3 is 2.72 bits per heavy atom. The second kappa shape index (κ2) is 6.27. The first-order chi connectivity index (χ1) is 12.3. The zero-order valence-corrected chi connectivity index (χ0v) is 13.6. The van der Waals surface area contributed by atoms with Crippen LogP contribution in [0.1, 0.15) is 18.6 Å². The van der Waals surface area contributed by atoms with Crippen LogP contribution in [0.5, 0.6) is 0 Å². The fourth-order valence-corrected chi connectivity index (χ4v) is 2.70. The standard InChI is InChI=1S/C18H15N5O2/c1-2-16-20-13-8-4-3-7-12(13)18(24)23(16)11-15-21-17(25-22-15)14-9-5-6-10-19-14/h3-10H,2,11H2,1H3. The van der Waals surface area contributed by atoms with Gasteiger partial charge in [0, 0.05) is 12.6 Å². The summed E-state index contributed by atoms with van der Waals surface area (Å²) in [5, 5.41) is 4.55. The predicted molar refractivity (Wildman–Crippen MR) is 92.0 cm³/mol. The average molecular weight is 333 g/mol. The molecule has 0 atom stereocenters. The summed E-state index contributed by atoms with van der Waals surface area (Å²) in [4.78, 5) is 25.9. The number of nitrogens with zero attached hydrogens (tertiary/aromatic N) is 5. The Labute approximate surface area is 143 Å². The summed E-state index contributed by atoms with van der Waals surface area (Å²) < 4.78 is 6.86. The zero-order valence-electron chi connectivity index (χ0n) is 13.6. The smallest absolute Gasteiger partial charge is 0.276 e. The Kier molecular flexibility index (Phi) is 3.81. The number of aromatic nitrogens is 5. The first-order valence-corrected chi connectivity index (χ1v) is 7.98. The van der Waals surface area contributed by atoms with E-state index in [9.17, 15) is 4.79 Å². The van der Waals surface area contributed by atoms with Crippen LogP contribution < -0.4 is 5.56 Å². The van der Waals surface area contributed by atoms with Gasteiger partial charge < -0.3 is 4.52 Å².